The molecule has 2 N–H and O–H groups in total. The first-order valence-electron chi connectivity index (χ1n) is 9.29. The fraction of sp³-hybridized carbons (Fsp3) is 0.350. The summed E-state index contributed by atoms with van der Waals surface area (Å²) in [6.45, 7) is 4.93. The minimum atomic E-state index is -3.99. The highest BCUT2D eigenvalue weighted by Crippen LogP contribution is 2.30. The van der Waals surface area contributed by atoms with Crippen molar-refractivity contribution in [2.24, 2.45) is 5.92 Å². The van der Waals surface area contributed by atoms with Gasteiger partial charge in [0.25, 0.3) is 10.0 Å². The molecule has 0 aliphatic carbocycles. The third-order valence-corrected chi connectivity index (χ3v) is 6.27. The summed E-state index contributed by atoms with van der Waals surface area (Å²) in [5, 5.41) is 9.29. The van der Waals surface area contributed by atoms with Crippen molar-refractivity contribution >= 4 is 33.3 Å². The lowest BCUT2D eigenvalue weighted by Crippen LogP contribution is -2.35. The highest BCUT2D eigenvalue weighted by Gasteiger charge is 2.24. The Morgan fingerprint density at radius 1 is 1.21 bits per heavy atom. The van der Waals surface area contributed by atoms with Crippen LogP contribution in [0.15, 0.2) is 41.4 Å². The average molecular weight is 417 g/mol. The van der Waals surface area contributed by atoms with E-state index in [0.717, 1.165) is 12.8 Å². The summed E-state index contributed by atoms with van der Waals surface area (Å²) in [6.07, 6.45) is 3.26. The number of rotatable bonds is 6. The Hall–Kier alpha value is -2.94. The molecule has 8 nitrogen and oxygen atoms in total. The van der Waals surface area contributed by atoms with E-state index in [9.17, 15) is 23.1 Å². The van der Waals surface area contributed by atoms with E-state index in [2.05, 4.69) is 16.6 Å². The van der Waals surface area contributed by atoms with Crippen molar-refractivity contribution in [3.8, 4) is 0 Å². The SMILES string of the molecule is CC(=O)c1ccc(S(=O)(=O)Nc2cc(C(=O)O)cnc2N2CCCC(C)C2)cc1. The number of anilines is 2. The molecule has 0 bridgehead atoms. The molecule has 1 saturated heterocycles. The molecule has 154 valence electrons. The molecule has 1 aliphatic heterocycles. The summed E-state index contributed by atoms with van der Waals surface area (Å²) >= 11 is 0. The molecule has 0 amide bonds. The second-order valence-electron chi connectivity index (χ2n) is 7.28. The molecule has 2 aromatic rings. The van der Waals surface area contributed by atoms with Gasteiger partial charge in [0.05, 0.1) is 16.1 Å². The van der Waals surface area contributed by atoms with Crippen LogP contribution in [0.3, 0.4) is 0 Å². The second kappa shape index (κ2) is 8.20. The van der Waals surface area contributed by atoms with E-state index in [1.54, 1.807) is 0 Å². The van der Waals surface area contributed by atoms with Gasteiger partial charge in [0.15, 0.2) is 11.6 Å². The normalized spacial score (nSPS) is 17.0. The number of sulfonamides is 1. The lowest BCUT2D eigenvalue weighted by atomic mass is 10.0. The molecular weight excluding hydrogens is 394 g/mol. The predicted octanol–water partition coefficient (Wildman–Crippen LogP) is 3.02. The van der Waals surface area contributed by atoms with Crippen LogP contribution in [-0.4, -0.2) is 43.4 Å². The summed E-state index contributed by atoms with van der Waals surface area (Å²) in [5.74, 6) is -0.525. The molecule has 9 heteroatoms. The first-order valence-corrected chi connectivity index (χ1v) is 10.8. The largest absolute Gasteiger partial charge is 0.478 e. The number of aromatic carboxylic acids is 1. The Morgan fingerprint density at radius 2 is 1.90 bits per heavy atom. The van der Waals surface area contributed by atoms with Crippen LogP contribution in [0.5, 0.6) is 0 Å². The van der Waals surface area contributed by atoms with Crippen LogP contribution in [0.4, 0.5) is 11.5 Å². The van der Waals surface area contributed by atoms with Crippen molar-refractivity contribution in [2.75, 3.05) is 22.7 Å². The van der Waals surface area contributed by atoms with Crippen molar-refractivity contribution in [1.29, 1.82) is 0 Å². The number of carbonyl (C=O) groups is 2. The number of benzene rings is 1. The van der Waals surface area contributed by atoms with E-state index < -0.39 is 16.0 Å². The molecule has 1 fully saturated rings. The minimum absolute atomic E-state index is 0.0267. The maximum atomic E-state index is 12.9. The van der Waals surface area contributed by atoms with Gasteiger partial charge in [0.1, 0.15) is 0 Å². The molecule has 1 unspecified atom stereocenters. The van der Waals surface area contributed by atoms with Crippen LogP contribution >= 0.6 is 0 Å². The number of piperidine rings is 1. The topological polar surface area (TPSA) is 117 Å². The van der Waals surface area contributed by atoms with Crippen molar-refractivity contribution < 1.29 is 23.1 Å². The fourth-order valence-electron chi connectivity index (χ4n) is 3.36. The van der Waals surface area contributed by atoms with Gasteiger partial charge in [-0.1, -0.05) is 19.1 Å². The van der Waals surface area contributed by atoms with E-state index in [1.165, 1.54) is 43.5 Å². The number of nitrogens with one attached hydrogen (secondary N) is 1. The summed E-state index contributed by atoms with van der Waals surface area (Å²) in [5.41, 5.74) is 0.416. The summed E-state index contributed by atoms with van der Waals surface area (Å²) in [7, 11) is -3.99. The fourth-order valence-corrected chi connectivity index (χ4v) is 4.41. The first kappa shape index (κ1) is 20.8. The third-order valence-electron chi connectivity index (χ3n) is 4.89. The Bertz CT molecular complexity index is 1030. The van der Waals surface area contributed by atoms with Crippen LogP contribution in [0.25, 0.3) is 0 Å². The van der Waals surface area contributed by atoms with E-state index in [-0.39, 0.29) is 21.9 Å². The Kier molecular flexibility index (Phi) is 5.88. The molecule has 0 spiro atoms. The maximum absolute atomic E-state index is 12.9. The zero-order chi connectivity index (χ0) is 21.2. The number of carboxylic acid groups (broad SMARTS) is 1. The maximum Gasteiger partial charge on any atom is 0.337 e. The Balaban J connectivity index is 1.97. The van der Waals surface area contributed by atoms with Gasteiger partial charge in [-0.05, 0) is 43.9 Å². The molecule has 29 heavy (non-hydrogen) atoms. The molecule has 2 heterocycles. The number of Topliss-reactive ketones (excluding diaryl/α,β-unsaturated/α-hetero) is 1. The van der Waals surface area contributed by atoms with Gasteiger partial charge in [0, 0.05) is 24.8 Å². The number of nitrogens with zero attached hydrogens (tertiary/aromatic N) is 2. The molecular formula is C20H23N3O5S. The number of hydrogen-bond acceptors (Lipinski definition) is 6. The van der Waals surface area contributed by atoms with E-state index in [1.807, 2.05) is 4.90 Å². The summed E-state index contributed by atoms with van der Waals surface area (Å²) < 4.78 is 28.2. The molecule has 0 radical (unpaired) electrons. The number of hydrogen-bond donors (Lipinski definition) is 2. The van der Waals surface area contributed by atoms with Crippen molar-refractivity contribution in [3.05, 3.63) is 47.7 Å². The minimum Gasteiger partial charge on any atom is -0.478 e. The van der Waals surface area contributed by atoms with Crippen molar-refractivity contribution in [3.63, 3.8) is 0 Å². The lowest BCUT2D eigenvalue weighted by Gasteiger charge is -2.33. The van der Waals surface area contributed by atoms with Crippen LogP contribution in [0.2, 0.25) is 0 Å². The van der Waals surface area contributed by atoms with Gasteiger partial charge < -0.3 is 10.0 Å². The molecule has 1 aromatic carbocycles. The van der Waals surface area contributed by atoms with Crippen molar-refractivity contribution in [1.82, 2.24) is 4.98 Å². The van der Waals surface area contributed by atoms with Crippen LogP contribution < -0.4 is 9.62 Å². The zero-order valence-electron chi connectivity index (χ0n) is 16.3. The van der Waals surface area contributed by atoms with Gasteiger partial charge in [-0.2, -0.15) is 0 Å². The van der Waals surface area contributed by atoms with Gasteiger partial charge >= 0.3 is 5.97 Å². The van der Waals surface area contributed by atoms with Crippen LogP contribution in [0.1, 0.15) is 47.4 Å². The molecule has 0 saturated carbocycles. The van der Waals surface area contributed by atoms with E-state index >= 15 is 0 Å². The van der Waals surface area contributed by atoms with Crippen molar-refractivity contribution in [2.45, 2.75) is 31.6 Å². The average Bonchev–Trinajstić information content (AvgIpc) is 2.67. The smallest absolute Gasteiger partial charge is 0.337 e. The van der Waals surface area contributed by atoms with Gasteiger partial charge in [0.2, 0.25) is 0 Å². The number of ketones is 1. The quantitative estimate of drug-likeness (QED) is 0.694. The monoisotopic (exact) mass is 417 g/mol. The second-order valence-corrected chi connectivity index (χ2v) is 8.96. The van der Waals surface area contributed by atoms with E-state index in [4.69, 9.17) is 0 Å². The molecule has 3 rings (SSSR count). The third kappa shape index (κ3) is 4.73. The first-order chi connectivity index (χ1) is 13.7. The van der Waals surface area contributed by atoms with Gasteiger partial charge in [-0.15, -0.1) is 0 Å². The number of carboxylic acids is 1. The van der Waals surface area contributed by atoms with Gasteiger partial charge in [-0.25, -0.2) is 18.2 Å². The lowest BCUT2D eigenvalue weighted by molar-refractivity contribution is 0.0696. The molecule has 1 atom stereocenters. The highest BCUT2D eigenvalue weighted by atomic mass is 32.2. The number of aromatic nitrogens is 1. The highest BCUT2D eigenvalue weighted by molar-refractivity contribution is 7.92. The number of pyridine rings is 1. The Morgan fingerprint density at radius 3 is 2.48 bits per heavy atom. The van der Waals surface area contributed by atoms with Gasteiger partial charge in [-0.3, -0.25) is 9.52 Å². The number of carbonyl (C=O) groups excluding carboxylic acids is 1. The summed E-state index contributed by atoms with van der Waals surface area (Å²) in [6, 6.07) is 6.85. The predicted molar refractivity (Wildman–Crippen MR) is 109 cm³/mol. The molecule has 1 aromatic heterocycles. The standard InChI is InChI=1S/C20H23N3O5S/c1-13-4-3-9-23(12-13)19-18(10-16(11-21-19)20(25)26)22-29(27,28)17-7-5-15(6-8-17)14(2)24/h5-8,10-11,13,22H,3-4,9,12H2,1-2H3,(H,25,26). The zero-order valence-corrected chi connectivity index (χ0v) is 17.1. The van der Waals surface area contributed by atoms with Crippen LogP contribution in [0, 0.1) is 5.92 Å². The Labute approximate surface area is 169 Å². The van der Waals surface area contributed by atoms with Crippen LogP contribution in [-0.2, 0) is 10.0 Å². The van der Waals surface area contributed by atoms with E-state index in [0.29, 0.717) is 30.4 Å². The summed E-state index contributed by atoms with van der Waals surface area (Å²) in [4.78, 5) is 29.0. The molecule has 1 aliphatic rings.